The van der Waals surface area contributed by atoms with E-state index in [1.165, 1.54) is 29.7 Å². The van der Waals surface area contributed by atoms with Crippen LogP contribution in [0.25, 0.3) is 0 Å². The maximum absolute atomic E-state index is 12.1. The summed E-state index contributed by atoms with van der Waals surface area (Å²) in [5.74, 6) is 0.580. The number of hydrogen-bond acceptors (Lipinski definition) is 4. The largest absolute Gasteiger partial charge is 0.397 e. The van der Waals surface area contributed by atoms with Crippen molar-refractivity contribution >= 4 is 27.9 Å². The lowest BCUT2D eigenvalue weighted by Gasteiger charge is -2.12. The lowest BCUT2D eigenvalue weighted by Crippen LogP contribution is -2.25. The summed E-state index contributed by atoms with van der Waals surface area (Å²) in [7, 11) is 4.03. The van der Waals surface area contributed by atoms with Crippen molar-refractivity contribution in [3.63, 3.8) is 0 Å². The van der Waals surface area contributed by atoms with Gasteiger partial charge in [0, 0.05) is 25.7 Å². The molecule has 2 aliphatic rings. The molecule has 0 atom stereocenters. The molecule has 0 bridgehead atoms. The fourth-order valence-corrected chi connectivity index (χ4v) is 3.32. The molecule has 1 aromatic rings. The van der Waals surface area contributed by atoms with Crippen molar-refractivity contribution in [2.24, 2.45) is 0 Å². The van der Waals surface area contributed by atoms with Gasteiger partial charge in [-0.1, -0.05) is 0 Å². The Balaban J connectivity index is 1.93. The highest BCUT2D eigenvalue weighted by Gasteiger charge is 2.34. The van der Waals surface area contributed by atoms with E-state index < -0.39 is 0 Å². The minimum absolute atomic E-state index is 0.00926. The summed E-state index contributed by atoms with van der Waals surface area (Å²) in [5.41, 5.74) is 8.12. The number of carbonyl (C=O) groups is 1. The molecule has 1 aromatic heterocycles. The van der Waals surface area contributed by atoms with Gasteiger partial charge >= 0.3 is 0 Å². The molecule has 18 heavy (non-hydrogen) atoms. The second-order valence-electron chi connectivity index (χ2n) is 5.48. The van der Waals surface area contributed by atoms with Crippen LogP contribution in [0.5, 0.6) is 0 Å². The molecule has 2 saturated carbocycles. The number of nitrogens with two attached hydrogens (primary N) is 1. The van der Waals surface area contributed by atoms with Crippen LogP contribution in [-0.2, 0) is 0 Å². The molecule has 0 aliphatic heterocycles. The predicted molar refractivity (Wildman–Crippen MR) is 75.5 cm³/mol. The number of nitrogen functional groups attached to an aromatic ring is 1. The fraction of sp³-hybridized carbons (Fsp3) is 0.615. The zero-order valence-corrected chi connectivity index (χ0v) is 11.6. The molecule has 1 amide bonds. The SMILES string of the molecule is CN(C)c1sc(C(=O)NC2CC2)c(N)c1C1CC1. The topological polar surface area (TPSA) is 58.4 Å². The van der Waals surface area contributed by atoms with Crippen LogP contribution in [0, 0.1) is 0 Å². The normalized spacial score (nSPS) is 18.8. The lowest BCUT2D eigenvalue weighted by molar-refractivity contribution is 0.0956. The highest BCUT2D eigenvalue weighted by atomic mass is 32.1. The number of rotatable bonds is 4. The van der Waals surface area contributed by atoms with Crippen LogP contribution < -0.4 is 16.0 Å². The summed E-state index contributed by atoms with van der Waals surface area (Å²) in [6.45, 7) is 0. The second kappa shape index (κ2) is 4.16. The van der Waals surface area contributed by atoms with E-state index in [-0.39, 0.29) is 5.91 Å². The van der Waals surface area contributed by atoms with Crippen molar-refractivity contribution in [2.45, 2.75) is 37.6 Å². The van der Waals surface area contributed by atoms with Gasteiger partial charge in [-0.25, -0.2) is 0 Å². The molecule has 3 rings (SSSR count). The molecule has 0 saturated heterocycles. The molecule has 0 spiro atoms. The van der Waals surface area contributed by atoms with Crippen molar-refractivity contribution in [3.8, 4) is 0 Å². The Hall–Kier alpha value is -1.23. The quantitative estimate of drug-likeness (QED) is 0.877. The summed E-state index contributed by atoms with van der Waals surface area (Å²) < 4.78 is 0. The van der Waals surface area contributed by atoms with E-state index >= 15 is 0 Å². The van der Waals surface area contributed by atoms with Gasteiger partial charge in [0.15, 0.2) is 0 Å². The van der Waals surface area contributed by atoms with Gasteiger partial charge in [-0.15, -0.1) is 11.3 Å². The van der Waals surface area contributed by atoms with Crippen LogP contribution in [0.1, 0.15) is 46.8 Å². The first-order valence-electron chi connectivity index (χ1n) is 6.48. The molecule has 3 N–H and O–H groups in total. The molecule has 1 heterocycles. The van der Waals surface area contributed by atoms with Crippen LogP contribution in [-0.4, -0.2) is 26.0 Å². The van der Waals surface area contributed by atoms with Crippen molar-refractivity contribution in [1.29, 1.82) is 0 Å². The highest BCUT2D eigenvalue weighted by molar-refractivity contribution is 7.18. The Morgan fingerprint density at radius 1 is 1.33 bits per heavy atom. The highest BCUT2D eigenvalue weighted by Crippen LogP contribution is 2.51. The molecule has 4 nitrogen and oxygen atoms in total. The third kappa shape index (κ3) is 2.07. The monoisotopic (exact) mass is 265 g/mol. The van der Waals surface area contributed by atoms with E-state index in [1.807, 2.05) is 14.1 Å². The van der Waals surface area contributed by atoms with Crippen LogP contribution in [0.4, 0.5) is 10.7 Å². The number of nitrogens with zero attached hydrogens (tertiary/aromatic N) is 1. The van der Waals surface area contributed by atoms with Crippen molar-refractivity contribution in [2.75, 3.05) is 24.7 Å². The molecule has 2 aliphatic carbocycles. The molecule has 5 heteroatoms. The molecular weight excluding hydrogens is 246 g/mol. The number of carbonyl (C=O) groups excluding carboxylic acids is 1. The number of hydrogen-bond donors (Lipinski definition) is 2. The first-order valence-corrected chi connectivity index (χ1v) is 7.30. The summed E-state index contributed by atoms with van der Waals surface area (Å²) in [6.07, 6.45) is 4.61. The van der Waals surface area contributed by atoms with E-state index in [4.69, 9.17) is 5.73 Å². The minimum atomic E-state index is 0.00926. The Bertz CT molecular complexity index is 487. The summed E-state index contributed by atoms with van der Waals surface area (Å²) >= 11 is 1.53. The number of thiophene rings is 1. The van der Waals surface area contributed by atoms with Crippen molar-refractivity contribution < 1.29 is 4.79 Å². The van der Waals surface area contributed by atoms with Gasteiger partial charge in [-0.2, -0.15) is 0 Å². The lowest BCUT2D eigenvalue weighted by atomic mass is 10.1. The molecule has 0 radical (unpaired) electrons. The van der Waals surface area contributed by atoms with Crippen LogP contribution in [0.15, 0.2) is 0 Å². The van der Waals surface area contributed by atoms with Gasteiger partial charge in [-0.3, -0.25) is 4.79 Å². The summed E-state index contributed by atoms with van der Waals surface area (Å²) in [5, 5.41) is 4.17. The summed E-state index contributed by atoms with van der Waals surface area (Å²) in [4.78, 5) is 14.9. The van der Waals surface area contributed by atoms with Gasteiger partial charge in [0.2, 0.25) is 0 Å². The zero-order chi connectivity index (χ0) is 12.9. The third-order valence-electron chi connectivity index (χ3n) is 3.47. The van der Waals surface area contributed by atoms with Gasteiger partial charge in [0.25, 0.3) is 5.91 Å². The molecule has 98 valence electrons. The maximum atomic E-state index is 12.1. The molecular formula is C13H19N3OS. The Kier molecular flexibility index (Phi) is 2.73. The number of anilines is 2. The first-order chi connectivity index (χ1) is 8.58. The summed E-state index contributed by atoms with van der Waals surface area (Å²) in [6, 6.07) is 0.381. The Morgan fingerprint density at radius 3 is 2.50 bits per heavy atom. The van der Waals surface area contributed by atoms with Gasteiger partial charge < -0.3 is 16.0 Å². The number of amides is 1. The standard InChI is InChI=1S/C13H19N3OS/c1-16(2)13-9(7-3-4-7)10(14)11(18-13)12(17)15-8-5-6-8/h7-8H,3-6,14H2,1-2H3,(H,15,17). The van der Waals surface area contributed by atoms with E-state index in [0.717, 1.165) is 17.8 Å². The number of nitrogens with one attached hydrogen (secondary N) is 1. The van der Waals surface area contributed by atoms with Gasteiger partial charge in [0.05, 0.1) is 10.7 Å². The van der Waals surface area contributed by atoms with Crippen molar-refractivity contribution in [3.05, 3.63) is 10.4 Å². The first kappa shape index (κ1) is 11.8. The van der Waals surface area contributed by atoms with Crippen LogP contribution in [0.2, 0.25) is 0 Å². The minimum Gasteiger partial charge on any atom is -0.397 e. The average molecular weight is 265 g/mol. The van der Waals surface area contributed by atoms with E-state index in [1.54, 1.807) is 0 Å². The Morgan fingerprint density at radius 2 is 2.00 bits per heavy atom. The Labute approximate surface area is 111 Å². The third-order valence-corrected chi connectivity index (χ3v) is 4.86. The smallest absolute Gasteiger partial charge is 0.263 e. The predicted octanol–water partition coefficient (Wildman–Crippen LogP) is 2.17. The van der Waals surface area contributed by atoms with Gasteiger partial charge in [-0.05, 0) is 31.6 Å². The van der Waals surface area contributed by atoms with Crippen LogP contribution >= 0.6 is 11.3 Å². The van der Waals surface area contributed by atoms with E-state index in [2.05, 4.69) is 10.2 Å². The second-order valence-corrected chi connectivity index (χ2v) is 6.48. The fourth-order valence-electron chi connectivity index (χ4n) is 2.19. The average Bonchev–Trinajstić information content (AvgIpc) is 3.19. The maximum Gasteiger partial charge on any atom is 0.263 e. The molecule has 0 aromatic carbocycles. The molecule has 2 fully saturated rings. The van der Waals surface area contributed by atoms with Crippen molar-refractivity contribution in [1.82, 2.24) is 5.32 Å². The molecule has 0 unspecified atom stereocenters. The van der Waals surface area contributed by atoms with E-state index in [9.17, 15) is 4.79 Å². The van der Waals surface area contributed by atoms with Crippen LogP contribution in [0.3, 0.4) is 0 Å². The van der Waals surface area contributed by atoms with E-state index in [0.29, 0.717) is 22.5 Å². The van der Waals surface area contributed by atoms with Gasteiger partial charge in [0.1, 0.15) is 4.88 Å². The zero-order valence-electron chi connectivity index (χ0n) is 10.8.